The smallest absolute Gasteiger partial charge is 0.101 e. The maximum atomic E-state index is 9.41. The lowest BCUT2D eigenvalue weighted by molar-refractivity contribution is -0.00681. The number of aliphatic hydroxyl groups is 1. The molecule has 0 spiro atoms. The Labute approximate surface area is 150 Å². The molecular weight excluding hydrogens is 300 g/mol. The van der Waals surface area contributed by atoms with Gasteiger partial charge in [0.15, 0.2) is 0 Å². The first-order valence-corrected chi connectivity index (χ1v) is 9.86. The van der Waals surface area contributed by atoms with Crippen LogP contribution in [0.3, 0.4) is 0 Å². The van der Waals surface area contributed by atoms with E-state index in [4.69, 9.17) is 9.47 Å². The Morgan fingerprint density at radius 1 is 0.750 bits per heavy atom. The standard InChI is InChI=1S/C21H40O3/c1-3-4-5-6-7-8-9-10-11-12-13-14-15-16-17-18-24-20-21(22)19-23-2/h6-7,12-13,21-22H,3-5,8-11,14-20H2,1-2H3/t21-/m0/s1. The maximum absolute atomic E-state index is 9.41. The van der Waals surface area contributed by atoms with Crippen molar-refractivity contribution in [3.05, 3.63) is 24.3 Å². The first-order valence-electron chi connectivity index (χ1n) is 9.86. The van der Waals surface area contributed by atoms with Crippen molar-refractivity contribution in [1.82, 2.24) is 0 Å². The average molecular weight is 341 g/mol. The predicted molar refractivity (Wildman–Crippen MR) is 103 cm³/mol. The molecule has 0 radical (unpaired) electrons. The summed E-state index contributed by atoms with van der Waals surface area (Å²) in [6.07, 6.45) is 22.4. The molecule has 0 rings (SSSR count). The predicted octanol–water partition coefficient (Wildman–Crippen LogP) is 5.43. The van der Waals surface area contributed by atoms with Crippen molar-refractivity contribution in [2.24, 2.45) is 0 Å². The van der Waals surface area contributed by atoms with Crippen molar-refractivity contribution in [3.63, 3.8) is 0 Å². The van der Waals surface area contributed by atoms with Gasteiger partial charge in [-0.3, -0.25) is 0 Å². The molecule has 0 amide bonds. The molecule has 0 bridgehead atoms. The monoisotopic (exact) mass is 340 g/mol. The second-order valence-corrected chi connectivity index (χ2v) is 6.40. The zero-order valence-electron chi connectivity index (χ0n) is 16.0. The number of aliphatic hydroxyl groups excluding tert-OH is 1. The number of rotatable bonds is 18. The Kier molecular flexibility index (Phi) is 19.9. The number of hydrogen-bond acceptors (Lipinski definition) is 3. The quantitative estimate of drug-likeness (QED) is 0.267. The lowest BCUT2D eigenvalue weighted by Gasteiger charge is -2.09. The third-order valence-electron chi connectivity index (χ3n) is 3.88. The van der Waals surface area contributed by atoms with Gasteiger partial charge in [0.2, 0.25) is 0 Å². The minimum absolute atomic E-state index is 0.347. The fourth-order valence-corrected chi connectivity index (χ4v) is 2.42. The third-order valence-corrected chi connectivity index (χ3v) is 3.88. The highest BCUT2D eigenvalue weighted by Crippen LogP contribution is 2.06. The second kappa shape index (κ2) is 20.4. The van der Waals surface area contributed by atoms with E-state index in [-0.39, 0.29) is 0 Å². The van der Waals surface area contributed by atoms with Crippen molar-refractivity contribution in [1.29, 1.82) is 0 Å². The maximum Gasteiger partial charge on any atom is 0.101 e. The molecule has 0 aromatic carbocycles. The van der Waals surface area contributed by atoms with Crippen LogP contribution in [0.15, 0.2) is 24.3 Å². The minimum Gasteiger partial charge on any atom is -0.388 e. The van der Waals surface area contributed by atoms with Gasteiger partial charge in [0.05, 0.1) is 13.2 Å². The average Bonchev–Trinajstić information content (AvgIpc) is 2.58. The van der Waals surface area contributed by atoms with E-state index in [0.717, 1.165) is 13.0 Å². The van der Waals surface area contributed by atoms with E-state index in [1.807, 2.05) is 0 Å². The first-order chi connectivity index (χ1) is 11.8. The Morgan fingerprint density at radius 2 is 1.29 bits per heavy atom. The molecule has 0 aromatic rings. The van der Waals surface area contributed by atoms with Crippen LogP contribution < -0.4 is 0 Å². The van der Waals surface area contributed by atoms with Crippen LogP contribution in [0.5, 0.6) is 0 Å². The summed E-state index contributed by atoms with van der Waals surface area (Å²) in [7, 11) is 1.59. The van der Waals surface area contributed by atoms with Crippen LogP contribution in [-0.4, -0.2) is 38.1 Å². The van der Waals surface area contributed by atoms with E-state index in [0.29, 0.717) is 13.2 Å². The van der Waals surface area contributed by atoms with E-state index in [9.17, 15) is 5.11 Å². The largest absolute Gasteiger partial charge is 0.388 e. The van der Waals surface area contributed by atoms with Gasteiger partial charge >= 0.3 is 0 Å². The molecule has 0 saturated carbocycles. The number of ether oxygens (including phenoxy) is 2. The SMILES string of the molecule is CCCCC=CCCCCC=CCCCCCOC[C@@H](O)COC. The molecule has 0 aliphatic carbocycles. The fraction of sp³-hybridized carbons (Fsp3) is 0.810. The van der Waals surface area contributed by atoms with Gasteiger partial charge in [-0.05, 0) is 51.4 Å². The summed E-state index contributed by atoms with van der Waals surface area (Å²) in [6, 6.07) is 0. The highest BCUT2D eigenvalue weighted by molar-refractivity contribution is 4.83. The fourth-order valence-electron chi connectivity index (χ4n) is 2.42. The summed E-state index contributed by atoms with van der Waals surface area (Å²) >= 11 is 0. The highest BCUT2D eigenvalue weighted by atomic mass is 16.5. The topological polar surface area (TPSA) is 38.7 Å². The van der Waals surface area contributed by atoms with Crippen LogP contribution in [-0.2, 0) is 9.47 Å². The minimum atomic E-state index is -0.496. The molecule has 24 heavy (non-hydrogen) atoms. The molecule has 142 valence electrons. The van der Waals surface area contributed by atoms with Gasteiger partial charge in [0.25, 0.3) is 0 Å². The zero-order valence-corrected chi connectivity index (χ0v) is 16.0. The van der Waals surface area contributed by atoms with E-state index >= 15 is 0 Å². The molecule has 3 heteroatoms. The summed E-state index contributed by atoms with van der Waals surface area (Å²) in [5, 5.41) is 9.41. The van der Waals surface area contributed by atoms with Gasteiger partial charge in [0, 0.05) is 13.7 Å². The molecule has 3 nitrogen and oxygen atoms in total. The molecule has 0 heterocycles. The van der Waals surface area contributed by atoms with Crippen LogP contribution >= 0.6 is 0 Å². The number of unbranched alkanes of at least 4 members (excludes halogenated alkanes) is 8. The Bertz CT molecular complexity index is 287. The molecule has 0 aliphatic heterocycles. The lowest BCUT2D eigenvalue weighted by Crippen LogP contribution is -2.21. The van der Waals surface area contributed by atoms with Crippen LogP contribution in [0.4, 0.5) is 0 Å². The van der Waals surface area contributed by atoms with Gasteiger partial charge in [0.1, 0.15) is 6.10 Å². The number of hydrogen-bond donors (Lipinski definition) is 1. The molecule has 0 aliphatic rings. The van der Waals surface area contributed by atoms with Crippen LogP contribution in [0.1, 0.15) is 77.6 Å². The van der Waals surface area contributed by atoms with Gasteiger partial charge in [-0.25, -0.2) is 0 Å². The normalized spacial score (nSPS) is 13.3. The lowest BCUT2D eigenvalue weighted by atomic mass is 10.1. The van der Waals surface area contributed by atoms with Crippen molar-refractivity contribution >= 4 is 0 Å². The molecule has 0 aromatic heterocycles. The van der Waals surface area contributed by atoms with E-state index in [1.54, 1.807) is 7.11 Å². The van der Waals surface area contributed by atoms with E-state index in [1.165, 1.54) is 64.2 Å². The van der Waals surface area contributed by atoms with Gasteiger partial charge in [-0.2, -0.15) is 0 Å². The summed E-state index contributed by atoms with van der Waals surface area (Å²) in [5.41, 5.74) is 0. The Balaban J connectivity index is 3.17. The molecule has 0 fully saturated rings. The summed E-state index contributed by atoms with van der Waals surface area (Å²) < 4.78 is 10.3. The Hall–Kier alpha value is -0.640. The first kappa shape index (κ1) is 23.4. The number of allylic oxidation sites excluding steroid dienone is 4. The van der Waals surface area contributed by atoms with Crippen molar-refractivity contribution in [2.75, 3.05) is 26.9 Å². The van der Waals surface area contributed by atoms with E-state index in [2.05, 4.69) is 31.2 Å². The number of methoxy groups -OCH3 is 1. The molecule has 1 N–H and O–H groups in total. The van der Waals surface area contributed by atoms with Gasteiger partial charge < -0.3 is 14.6 Å². The van der Waals surface area contributed by atoms with Gasteiger partial charge in [-0.15, -0.1) is 0 Å². The summed E-state index contributed by atoms with van der Waals surface area (Å²) in [4.78, 5) is 0. The van der Waals surface area contributed by atoms with Crippen LogP contribution in [0.25, 0.3) is 0 Å². The zero-order chi connectivity index (χ0) is 17.7. The van der Waals surface area contributed by atoms with E-state index < -0.39 is 6.10 Å². The summed E-state index contributed by atoms with van der Waals surface area (Å²) in [6.45, 7) is 3.70. The molecule has 0 unspecified atom stereocenters. The molecule has 1 atom stereocenters. The third kappa shape index (κ3) is 19.4. The highest BCUT2D eigenvalue weighted by Gasteiger charge is 2.02. The molecular formula is C21H40O3. The van der Waals surface area contributed by atoms with Crippen LogP contribution in [0.2, 0.25) is 0 Å². The molecule has 0 saturated heterocycles. The summed E-state index contributed by atoms with van der Waals surface area (Å²) in [5.74, 6) is 0. The van der Waals surface area contributed by atoms with Gasteiger partial charge in [-0.1, -0.05) is 50.5 Å². The van der Waals surface area contributed by atoms with Crippen LogP contribution in [0, 0.1) is 0 Å². The Morgan fingerprint density at radius 3 is 1.83 bits per heavy atom. The van der Waals surface area contributed by atoms with Crippen molar-refractivity contribution in [3.8, 4) is 0 Å². The van der Waals surface area contributed by atoms with Crippen molar-refractivity contribution < 1.29 is 14.6 Å². The van der Waals surface area contributed by atoms with Crippen molar-refractivity contribution in [2.45, 2.75) is 83.7 Å². The second-order valence-electron chi connectivity index (χ2n) is 6.40.